The van der Waals surface area contributed by atoms with Crippen molar-refractivity contribution in [3.63, 3.8) is 0 Å². The molecule has 6 heteroatoms. The van der Waals surface area contributed by atoms with Crippen LogP contribution in [0.5, 0.6) is 0 Å². The van der Waals surface area contributed by atoms with E-state index >= 15 is 0 Å². The number of hydrogen-bond acceptors (Lipinski definition) is 5. The third-order valence-electron chi connectivity index (χ3n) is 14.3. The summed E-state index contributed by atoms with van der Waals surface area (Å²) in [5.74, 6) is 2.63. The minimum atomic E-state index is 0.559. The summed E-state index contributed by atoms with van der Waals surface area (Å²) >= 11 is 0. The van der Waals surface area contributed by atoms with Gasteiger partial charge in [-0.3, -0.25) is 0 Å². The summed E-state index contributed by atoms with van der Waals surface area (Å²) < 4.78 is 16.0. The van der Waals surface area contributed by atoms with Crippen molar-refractivity contribution in [1.82, 2.24) is 19.5 Å². The first kappa shape index (κ1) is 38.0. The molecule has 0 fully saturated rings. The predicted octanol–water partition coefficient (Wildman–Crippen LogP) is 16.7. The Bertz CT molecular complexity index is 4500. The van der Waals surface area contributed by atoms with Crippen LogP contribution in [0.4, 0.5) is 0 Å². The Morgan fingerprint density at radius 3 is 1.99 bits per heavy atom. The fraction of sp³-hybridized carbons (Fsp3) is 0.0317. The van der Waals surface area contributed by atoms with Crippen molar-refractivity contribution in [3.05, 3.63) is 212 Å². The van der Waals surface area contributed by atoms with Crippen LogP contribution >= 0.6 is 0 Å². The van der Waals surface area contributed by atoms with Gasteiger partial charge in [0.15, 0.2) is 23.1 Å². The fourth-order valence-corrected chi connectivity index (χ4v) is 11.0. The number of rotatable bonds is 5. The summed E-state index contributed by atoms with van der Waals surface area (Å²) in [4.78, 5) is 15.8. The van der Waals surface area contributed by atoms with Crippen LogP contribution in [-0.4, -0.2) is 19.5 Å². The van der Waals surface area contributed by atoms with E-state index < -0.39 is 0 Å². The van der Waals surface area contributed by atoms with Gasteiger partial charge >= 0.3 is 0 Å². The number of nitrogens with zero attached hydrogens (tertiary/aromatic N) is 4. The van der Waals surface area contributed by atoms with E-state index in [0.29, 0.717) is 17.5 Å². The van der Waals surface area contributed by atoms with Crippen LogP contribution in [0, 0.1) is 0 Å². The fourth-order valence-electron chi connectivity index (χ4n) is 11.0. The SMILES string of the molecule is C1=Cc2oc3c(-c4nc(-c5cccc(-c6ccccc6)c5)nc(-c5ccc6ccc7oc8c(-n9c%10cc%11ccccc%11cc%10c%10c%11ccccc%11ccc%109)cccc8c7c6c5)n4)cccc3c2CC1. The van der Waals surface area contributed by atoms with Gasteiger partial charge in [0, 0.05) is 43.6 Å². The van der Waals surface area contributed by atoms with Gasteiger partial charge in [-0.15, -0.1) is 0 Å². The highest BCUT2D eigenvalue weighted by Crippen LogP contribution is 2.44. The van der Waals surface area contributed by atoms with Crippen LogP contribution in [0.3, 0.4) is 0 Å². The molecule has 4 aromatic heterocycles. The van der Waals surface area contributed by atoms with E-state index in [1.54, 1.807) is 0 Å². The number of hydrogen-bond donors (Lipinski definition) is 0. The molecular formula is C63H38N4O2. The summed E-state index contributed by atoms with van der Waals surface area (Å²) in [6.07, 6.45) is 6.19. The zero-order valence-corrected chi connectivity index (χ0v) is 37.1. The second kappa shape index (κ2) is 14.7. The van der Waals surface area contributed by atoms with Crippen molar-refractivity contribution in [3.8, 4) is 51.0 Å². The van der Waals surface area contributed by atoms with Gasteiger partial charge in [-0.2, -0.15) is 0 Å². The Kier molecular flexibility index (Phi) is 8.09. The van der Waals surface area contributed by atoms with Crippen LogP contribution in [0.2, 0.25) is 0 Å². The molecule has 69 heavy (non-hydrogen) atoms. The third kappa shape index (κ3) is 5.82. The molecule has 0 N–H and O–H groups in total. The molecule has 15 rings (SSSR count). The van der Waals surface area contributed by atoms with Crippen molar-refractivity contribution in [2.75, 3.05) is 0 Å². The molecule has 0 saturated carbocycles. The van der Waals surface area contributed by atoms with Gasteiger partial charge in [-0.1, -0.05) is 152 Å². The highest BCUT2D eigenvalue weighted by atomic mass is 16.3. The van der Waals surface area contributed by atoms with Gasteiger partial charge in [-0.25, -0.2) is 15.0 Å². The molecule has 0 spiro atoms. The Balaban J connectivity index is 0.949. The molecule has 0 bridgehead atoms. The van der Waals surface area contributed by atoms with Crippen LogP contribution in [-0.2, 0) is 6.42 Å². The van der Waals surface area contributed by atoms with Crippen molar-refractivity contribution >= 4 is 93.1 Å². The lowest BCUT2D eigenvalue weighted by Crippen LogP contribution is -2.00. The minimum Gasteiger partial charge on any atom is -0.456 e. The largest absolute Gasteiger partial charge is 0.456 e. The number of aryl methyl sites for hydroxylation is 1. The van der Waals surface area contributed by atoms with Gasteiger partial charge in [0.25, 0.3) is 0 Å². The van der Waals surface area contributed by atoms with Crippen LogP contribution in [0.25, 0.3) is 144 Å². The highest BCUT2D eigenvalue weighted by molar-refractivity contribution is 6.25. The Hall–Kier alpha value is -9.13. The maximum Gasteiger partial charge on any atom is 0.167 e. The molecule has 0 unspecified atom stereocenters. The zero-order chi connectivity index (χ0) is 45.2. The summed E-state index contributed by atoms with van der Waals surface area (Å²) in [6.45, 7) is 0. The number of fused-ring (bicyclic) bond motifs is 14. The zero-order valence-electron chi connectivity index (χ0n) is 37.1. The average molecular weight is 883 g/mol. The van der Waals surface area contributed by atoms with E-state index in [0.717, 1.165) is 107 Å². The molecule has 0 atom stereocenters. The van der Waals surface area contributed by atoms with E-state index in [1.165, 1.54) is 37.9 Å². The predicted molar refractivity (Wildman–Crippen MR) is 283 cm³/mol. The summed E-state index contributed by atoms with van der Waals surface area (Å²) in [6, 6.07) is 68.9. The van der Waals surface area contributed by atoms with Crippen LogP contribution < -0.4 is 0 Å². The smallest absolute Gasteiger partial charge is 0.167 e. The lowest BCUT2D eigenvalue weighted by Gasteiger charge is -2.11. The second-order valence-corrected chi connectivity index (χ2v) is 18.2. The third-order valence-corrected chi connectivity index (χ3v) is 14.3. The number of furan rings is 2. The molecule has 0 saturated heterocycles. The Morgan fingerprint density at radius 1 is 0.406 bits per heavy atom. The van der Waals surface area contributed by atoms with Crippen molar-refractivity contribution in [2.45, 2.75) is 12.8 Å². The number of aromatic nitrogens is 4. The van der Waals surface area contributed by atoms with Gasteiger partial charge in [0.2, 0.25) is 0 Å². The summed E-state index contributed by atoms with van der Waals surface area (Å²) in [5, 5.41) is 12.7. The average Bonchev–Trinajstić information content (AvgIpc) is 4.10. The van der Waals surface area contributed by atoms with E-state index in [4.69, 9.17) is 23.8 Å². The van der Waals surface area contributed by atoms with Crippen molar-refractivity contribution < 1.29 is 8.83 Å². The Labute approximate surface area is 395 Å². The molecule has 0 amide bonds. The van der Waals surface area contributed by atoms with Crippen molar-refractivity contribution in [2.24, 2.45) is 0 Å². The van der Waals surface area contributed by atoms with Gasteiger partial charge in [-0.05, 0) is 111 Å². The molecule has 1 aliphatic rings. The maximum atomic E-state index is 7.03. The minimum absolute atomic E-state index is 0.559. The Morgan fingerprint density at radius 2 is 1.09 bits per heavy atom. The molecule has 0 aliphatic heterocycles. The lowest BCUT2D eigenvalue weighted by atomic mass is 9.99. The van der Waals surface area contributed by atoms with E-state index in [2.05, 4.69) is 205 Å². The monoisotopic (exact) mass is 882 g/mol. The second-order valence-electron chi connectivity index (χ2n) is 18.2. The standard InChI is InChI=1S/C63H38N4O2/c1-2-13-37(14-3-1)40-18-10-19-43(33-40)61-64-62(66-63(65-61)49-24-11-22-47-46-21-8-9-26-55(46)68-59(47)49)44-28-27-39-30-32-56-58(50(39)35-44)48-23-12-25-53(60(48)69-56)67-52-31-29-38-15-6-7-20-45(38)57(52)51-34-41-16-4-5-17-42(41)36-54(51)67/h1-7,9-20,22-36H,8,21H2. The lowest BCUT2D eigenvalue weighted by molar-refractivity contribution is 0.596. The summed E-state index contributed by atoms with van der Waals surface area (Å²) in [7, 11) is 0. The first-order valence-electron chi connectivity index (χ1n) is 23.6. The molecule has 4 heterocycles. The van der Waals surface area contributed by atoms with Crippen LogP contribution in [0.1, 0.15) is 17.7 Å². The first-order chi connectivity index (χ1) is 34.2. The number of allylic oxidation sites excluding steroid dienone is 1. The van der Waals surface area contributed by atoms with E-state index in [1.807, 2.05) is 6.07 Å². The van der Waals surface area contributed by atoms with E-state index in [9.17, 15) is 0 Å². The molecule has 6 nitrogen and oxygen atoms in total. The van der Waals surface area contributed by atoms with Crippen molar-refractivity contribution in [1.29, 1.82) is 0 Å². The van der Waals surface area contributed by atoms with Crippen LogP contribution in [0.15, 0.2) is 209 Å². The molecule has 322 valence electrons. The normalized spacial score (nSPS) is 12.8. The maximum absolute atomic E-state index is 7.03. The molecule has 14 aromatic rings. The number of benzene rings is 10. The summed E-state index contributed by atoms with van der Waals surface area (Å²) in [5.41, 5.74) is 11.8. The van der Waals surface area contributed by atoms with Gasteiger partial charge < -0.3 is 13.4 Å². The molecule has 0 radical (unpaired) electrons. The quantitative estimate of drug-likeness (QED) is 0.172. The van der Waals surface area contributed by atoms with Gasteiger partial charge in [0.1, 0.15) is 16.9 Å². The van der Waals surface area contributed by atoms with Gasteiger partial charge in [0.05, 0.1) is 22.3 Å². The first-order valence-corrected chi connectivity index (χ1v) is 23.6. The molecular weight excluding hydrogens is 845 g/mol. The molecule has 10 aromatic carbocycles. The highest BCUT2D eigenvalue weighted by Gasteiger charge is 2.23. The molecule has 1 aliphatic carbocycles. The number of para-hydroxylation sites is 2. The topological polar surface area (TPSA) is 69.9 Å². The van der Waals surface area contributed by atoms with E-state index in [-0.39, 0.29) is 0 Å².